The largest absolute Gasteiger partial charge is 0.486 e. The smallest absolute Gasteiger partial charge is 0.167 e. The predicted octanol–water partition coefficient (Wildman–Crippen LogP) is 2.02. The highest BCUT2D eigenvalue weighted by Crippen LogP contribution is 2.31. The van der Waals surface area contributed by atoms with Gasteiger partial charge in [0.2, 0.25) is 0 Å². The quantitative estimate of drug-likeness (QED) is 0.811. The summed E-state index contributed by atoms with van der Waals surface area (Å²) in [7, 11) is 0. The second-order valence-electron chi connectivity index (χ2n) is 4.44. The van der Waals surface area contributed by atoms with Crippen molar-refractivity contribution >= 4 is 5.78 Å². The molecule has 4 heteroatoms. The average molecular weight is 249 g/mol. The molecule has 1 atom stereocenters. The third-order valence-corrected chi connectivity index (χ3v) is 3.12. The predicted molar refractivity (Wildman–Crippen MR) is 69.2 cm³/mol. The molecule has 0 saturated heterocycles. The minimum Gasteiger partial charge on any atom is -0.486 e. The molecule has 18 heavy (non-hydrogen) atoms. The Morgan fingerprint density at radius 1 is 1.33 bits per heavy atom. The van der Waals surface area contributed by atoms with Crippen molar-refractivity contribution in [2.45, 2.75) is 19.8 Å². The lowest BCUT2D eigenvalue weighted by Gasteiger charge is -2.19. The van der Waals surface area contributed by atoms with E-state index in [4.69, 9.17) is 15.2 Å². The van der Waals surface area contributed by atoms with Crippen molar-refractivity contribution in [3.05, 3.63) is 23.8 Å². The van der Waals surface area contributed by atoms with E-state index in [1.54, 1.807) is 18.2 Å². The van der Waals surface area contributed by atoms with Crippen LogP contribution >= 0.6 is 0 Å². The van der Waals surface area contributed by atoms with Gasteiger partial charge in [-0.25, -0.2) is 0 Å². The van der Waals surface area contributed by atoms with Gasteiger partial charge in [-0.15, -0.1) is 0 Å². The summed E-state index contributed by atoms with van der Waals surface area (Å²) in [6.07, 6.45) is 1.78. The first kappa shape index (κ1) is 12.9. The lowest BCUT2D eigenvalue weighted by atomic mass is 9.93. The number of hydrogen-bond donors (Lipinski definition) is 1. The number of fused-ring (bicyclic) bond motifs is 1. The highest BCUT2D eigenvalue weighted by molar-refractivity contribution is 5.98. The van der Waals surface area contributed by atoms with Gasteiger partial charge in [0.1, 0.15) is 13.2 Å². The van der Waals surface area contributed by atoms with Crippen molar-refractivity contribution in [2.75, 3.05) is 19.8 Å². The fraction of sp³-hybridized carbons (Fsp3) is 0.500. The lowest BCUT2D eigenvalue weighted by molar-refractivity contribution is 0.0916. The average Bonchev–Trinajstić information content (AvgIpc) is 2.43. The molecule has 1 aliphatic rings. The van der Waals surface area contributed by atoms with Crippen LogP contribution in [-0.2, 0) is 0 Å². The molecule has 98 valence electrons. The van der Waals surface area contributed by atoms with Crippen molar-refractivity contribution in [2.24, 2.45) is 11.7 Å². The number of ketones is 1. The second-order valence-corrected chi connectivity index (χ2v) is 4.44. The molecule has 0 fully saturated rings. The van der Waals surface area contributed by atoms with Crippen LogP contribution in [0.4, 0.5) is 0 Å². The van der Waals surface area contributed by atoms with E-state index in [0.29, 0.717) is 36.8 Å². The van der Waals surface area contributed by atoms with Crippen LogP contribution < -0.4 is 15.2 Å². The summed E-state index contributed by atoms with van der Waals surface area (Å²) in [5.41, 5.74) is 6.31. The highest BCUT2D eigenvalue weighted by Gasteiger charge is 2.20. The Balaban J connectivity index is 2.19. The van der Waals surface area contributed by atoms with Crippen LogP contribution in [-0.4, -0.2) is 25.5 Å². The zero-order chi connectivity index (χ0) is 13.0. The minimum absolute atomic E-state index is 0.0938. The van der Waals surface area contributed by atoms with Crippen molar-refractivity contribution in [3.63, 3.8) is 0 Å². The van der Waals surface area contributed by atoms with E-state index in [9.17, 15) is 4.79 Å². The maximum absolute atomic E-state index is 12.3. The third-order valence-electron chi connectivity index (χ3n) is 3.12. The van der Waals surface area contributed by atoms with Crippen LogP contribution in [0.15, 0.2) is 18.2 Å². The monoisotopic (exact) mass is 249 g/mol. The number of hydrogen-bond acceptors (Lipinski definition) is 4. The zero-order valence-electron chi connectivity index (χ0n) is 10.6. The first-order valence-corrected chi connectivity index (χ1v) is 6.40. The molecule has 0 radical (unpaired) electrons. The first-order valence-electron chi connectivity index (χ1n) is 6.40. The molecule has 1 aliphatic heterocycles. The van der Waals surface area contributed by atoms with Gasteiger partial charge in [-0.3, -0.25) is 4.79 Å². The number of nitrogens with two attached hydrogens (primary N) is 1. The molecule has 1 aromatic rings. The van der Waals surface area contributed by atoms with Crippen LogP contribution in [0, 0.1) is 5.92 Å². The van der Waals surface area contributed by atoms with Crippen molar-refractivity contribution in [3.8, 4) is 11.5 Å². The molecule has 0 amide bonds. The molecule has 0 saturated carbocycles. The number of rotatable bonds is 5. The van der Waals surface area contributed by atoms with Gasteiger partial charge in [-0.2, -0.15) is 0 Å². The molecular weight excluding hydrogens is 230 g/mol. The van der Waals surface area contributed by atoms with Gasteiger partial charge in [-0.1, -0.05) is 13.3 Å². The maximum atomic E-state index is 12.3. The maximum Gasteiger partial charge on any atom is 0.167 e. The van der Waals surface area contributed by atoms with E-state index >= 15 is 0 Å². The Bertz CT molecular complexity index is 431. The van der Waals surface area contributed by atoms with Gasteiger partial charge in [-0.05, 0) is 24.6 Å². The SMILES string of the molecule is CCCC(CN)C(=O)c1ccc2c(c1)OCCO2. The normalized spacial score (nSPS) is 15.2. The zero-order valence-corrected chi connectivity index (χ0v) is 10.6. The summed E-state index contributed by atoms with van der Waals surface area (Å²) in [5, 5.41) is 0. The van der Waals surface area contributed by atoms with E-state index in [-0.39, 0.29) is 11.7 Å². The molecule has 1 unspecified atom stereocenters. The molecule has 2 rings (SSSR count). The molecule has 0 aromatic heterocycles. The van der Waals surface area contributed by atoms with Gasteiger partial charge in [0.15, 0.2) is 17.3 Å². The number of carbonyl (C=O) groups is 1. The topological polar surface area (TPSA) is 61.6 Å². The molecule has 2 N–H and O–H groups in total. The molecule has 1 aromatic carbocycles. The van der Waals surface area contributed by atoms with E-state index in [0.717, 1.165) is 12.8 Å². The number of Topliss-reactive ketones (excluding diaryl/α,β-unsaturated/α-hetero) is 1. The van der Waals surface area contributed by atoms with Crippen LogP contribution in [0.1, 0.15) is 30.1 Å². The van der Waals surface area contributed by atoms with Gasteiger partial charge >= 0.3 is 0 Å². The summed E-state index contributed by atoms with van der Waals surface area (Å²) < 4.78 is 10.9. The summed E-state index contributed by atoms with van der Waals surface area (Å²) in [6.45, 7) is 3.53. The Labute approximate surface area is 107 Å². The summed E-state index contributed by atoms with van der Waals surface area (Å²) in [5.74, 6) is 1.35. The van der Waals surface area contributed by atoms with E-state index in [1.165, 1.54) is 0 Å². The summed E-state index contributed by atoms with van der Waals surface area (Å²) >= 11 is 0. The van der Waals surface area contributed by atoms with E-state index in [2.05, 4.69) is 6.92 Å². The van der Waals surface area contributed by atoms with Crippen LogP contribution in [0.3, 0.4) is 0 Å². The van der Waals surface area contributed by atoms with E-state index in [1.807, 2.05) is 0 Å². The minimum atomic E-state index is -0.0995. The Morgan fingerprint density at radius 2 is 2.06 bits per heavy atom. The van der Waals surface area contributed by atoms with Crippen molar-refractivity contribution in [1.82, 2.24) is 0 Å². The molecule has 0 spiro atoms. The van der Waals surface area contributed by atoms with Crippen LogP contribution in [0.25, 0.3) is 0 Å². The van der Waals surface area contributed by atoms with E-state index < -0.39 is 0 Å². The molecule has 0 bridgehead atoms. The molecule has 1 heterocycles. The van der Waals surface area contributed by atoms with Crippen LogP contribution in [0.5, 0.6) is 11.5 Å². The van der Waals surface area contributed by atoms with Gasteiger partial charge in [0.05, 0.1) is 0 Å². The summed E-state index contributed by atoms with van der Waals surface area (Å²) in [4.78, 5) is 12.3. The number of ether oxygens (including phenoxy) is 2. The van der Waals surface area contributed by atoms with Gasteiger partial charge in [0.25, 0.3) is 0 Å². The molecule has 0 aliphatic carbocycles. The van der Waals surface area contributed by atoms with Gasteiger partial charge in [0, 0.05) is 18.0 Å². The highest BCUT2D eigenvalue weighted by atomic mass is 16.6. The fourth-order valence-electron chi connectivity index (χ4n) is 2.14. The summed E-state index contributed by atoms with van der Waals surface area (Å²) in [6, 6.07) is 5.34. The second kappa shape index (κ2) is 5.87. The third kappa shape index (κ3) is 2.64. The number of benzene rings is 1. The Kier molecular flexibility index (Phi) is 4.20. The van der Waals surface area contributed by atoms with Gasteiger partial charge < -0.3 is 15.2 Å². The first-order chi connectivity index (χ1) is 8.76. The van der Waals surface area contributed by atoms with Crippen molar-refractivity contribution in [1.29, 1.82) is 0 Å². The van der Waals surface area contributed by atoms with Crippen molar-refractivity contribution < 1.29 is 14.3 Å². The number of carbonyl (C=O) groups excluding carboxylic acids is 1. The lowest BCUT2D eigenvalue weighted by Crippen LogP contribution is -2.24. The molecular formula is C14H19NO3. The Morgan fingerprint density at radius 3 is 2.72 bits per heavy atom. The molecule has 4 nitrogen and oxygen atoms in total. The Hall–Kier alpha value is -1.55. The fourth-order valence-corrected chi connectivity index (χ4v) is 2.14. The standard InChI is InChI=1S/C14H19NO3/c1-2-3-11(9-15)14(16)10-4-5-12-13(8-10)18-7-6-17-12/h4-5,8,11H,2-3,6-7,9,15H2,1H3. The van der Waals surface area contributed by atoms with Crippen LogP contribution in [0.2, 0.25) is 0 Å².